The molecule has 3 rings (SSSR count). The smallest absolute Gasteiger partial charge is 0.338 e. The first-order chi connectivity index (χ1) is 15.2. The van der Waals surface area contributed by atoms with E-state index in [-0.39, 0.29) is 22.4 Å². The van der Waals surface area contributed by atoms with Gasteiger partial charge < -0.3 is 14.8 Å². The lowest BCUT2D eigenvalue weighted by atomic mass is 10.2. The molecule has 1 fully saturated rings. The summed E-state index contributed by atoms with van der Waals surface area (Å²) in [5, 5.41) is 2.88. The number of esters is 1. The molecule has 0 aliphatic heterocycles. The fraction of sp³-hybridized carbons (Fsp3) is 0.391. The van der Waals surface area contributed by atoms with Gasteiger partial charge in [-0.1, -0.05) is 18.9 Å². The normalized spacial score (nSPS) is 15.1. The zero-order valence-corrected chi connectivity index (χ0v) is 19.2. The Labute approximate surface area is 188 Å². The molecular weight excluding hydrogens is 432 g/mol. The molecule has 0 aromatic heterocycles. The predicted molar refractivity (Wildman–Crippen MR) is 120 cm³/mol. The van der Waals surface area contributed by atoms with Gasteiger partial charge in [0.2, 0.25) is 0 Å². The van der Waals surface area contributed by atoms with E-state index in [1.54, 1.807) is 24.3 Å². The van der Waals surface area contributed by atoms with Gasteiger partial charge in [-0.2, -0.15) is 0 Å². The quantitative estimate of drug-likeness (QED) is 0.608. The summed E-state index contributed by atoms with van der Waals surface area (Å²) in [6.45, 7) is 1.50. The molecule has 1 unspecified atom stereocenters. The fourth-order valence-electron chi connectivity index (χ4n) is 3.54. The van der Waals surface area contributed by atoms with Gasteiger partial charge in [0, 0.05) is 13.1 Å². The molecule has 0 bridgehead atoms. The Kier molecular flexibility index (Phi) is 7.40. The van der Waals surface area contributed by atoms with Gasteiger partial charge in [-0.05, 0) is 62.2 Å². The number of sulfonamides is 1. The molecule has 0 saturated heterocycles. The third-order valence-corrected chi connectivity index (χ3v) is 7.30. The van der Waals surface area contributed by atoms with Crippen LogP contribution in [-0.2, 0) is 19.6 Å². The number of methoxy groups -OCH3 is 1. The van der Waals surface area contributed by atoms with Crippen molar-refractivity contribution in [3.63, 3.8) is 0 Å². The third kappa shape index (κ3) is 5.40. The Balaban J connectivity index is 1.71. The second-order valence-electron chi connectivity index (χ2n) is 7.74. The van der Waals surface area contributed by atoms with Crippen molar-refractivity contribution in [2.45, 2.75) is 49.6 Å². The lowest BCUT2D eigenvalue weighted by molar-refractivity contribution is -0.129. The van der Waals surface area contributed by atoms with Crippen molar-refractivity contribution >= 4 is 27.6 Å². The van der Waals surface area contributed by atoms with Crippen molar-refractivity contribution < 1.29 is 27.5 Å². The van der Waals surface area contributed by atoms with Gasteiger partial charge in [-0.3, -0.25) is 9.10 Å². The van der Waals surface area contributed by atoms with Crippen LogP contribution in [0.5, 0.6) is 5.75 Å². The first-order valence-corrected chi connectivity index (χ1v) is 11.9. The van der Waals surface area contributed by atoms with Gasteiger partial charge in [-0.15, -0.1) is 0 Å². The minimum Gasteiger partial charge on any atom is -0.497 e. The maximum atomic E-state index is 13.1. The molecule has 172 valence electrons. The Morgan fingerprint density at radius 3 is 2.38 bits per heavy atom. The van der Waals surface area contributed by atoms with Crippen LogP contribution in [0.25, 0.3) is 0 Å². The topological polar surface area (TPSA) is 102 Å². The Hall–Kier alpha value is -3.07. The van der Waals surface area contributed by atoms with Crippen molar-refractivity contribution in [1.29, 1.82) is 0 Å². The fourth-order valence-corrected chi connectivity index (χ4v) is 4.79. The standard InChI is InChI=1S/C23H28N2O6S/c1-16(22(26)24-18-8-4-5-9-18)31-23(27)17-7-6-10-21(15-17)32(28,29)25(2)19-11-13-20(30-3)14-12-19/h6-7,10-16,18H,4-5,8-9H2,1-3H3,(H,24,26). The summed E-state index contributed by atoms with van der Waals surface area (Å²) in [5.41, 5.74) is 0.491. The molecule has 0 heterocycles. The average molecular weight is 461 g/mol. The maximum absolute atomic E-state index is 13.1. The summed E-state index contributed by atoms with van der Waals surface area (Å²) in [7, 11) is -0.968. The molecular formula is C23H28N2O6S. The molecule has 32 heavy (non-hydrogen) atoms. The molecule has 2 aromatic carbocycles. The SMILES string of the molecule is COc1ccc(N(C)S(=O)(=O)c2cccc(C(=O)OC(C)C(=O)NC3CCCC3)c2)cc1. The first-order valence-electron chi connectivity index (χ1n) is 10.5. The van der Waals surface area contributed by atoms with E-state index in [0.717, 1.165) is 30.0 Å². The lowest BCUT2D eigenvalue weighted by Crippen LogP contribution is -2.40. The van der Waals surface area contributed by atoms with Crippen LogP contribution < -0.4 is 14.4 Å². The highest BCUT2D eigenvalue weighted by atomic mass is 32.2. The van der Waals surface area contributed by atoms with Crippen molar-refractivity contribution in [2.75, 3.05) is 18.5 Å². The van der Waals surface area contributed by atoms with E-state index in [1.165, 1.54) is 45.3 Å². The van der Waals surface area contributed by atoms with E-state index in [2.05, 4.69) is 5.32 Å². The minimum atomic E-state index is -3.92. The molecule has 8 nitrogen and oxygen atoms in total. The van der Waals surface area contributed by atoms with Crippen LogP contribution in [-0.4, -0.2) is 46.6 Å². The van der Waals surface area contributed by atoms with E-state index < -0.39 is 22.1 Å². The Morgan fingerprint density at radius 1 is 1.09 bits per heavy atom. The number of carbonyl (C=O) groups is 2. The number of hydrogen-bond donors (Lipinski definition) is 1. The number of nitrogens with zero attached hydrogens (tertiary/aromatic N) is 1. The van der Waals surface area contributed by atoms with Crippen LogP contribution in [0.1, 0.15) is 43.0 Å². The summed E-state index contributed by atoms with van der Waals surface area (Å²) in [4.78, 5) is 24.8. The van der Waals surface area contributed by atoms with E-state index in [1.807, 2.05) is 0 Å². The summed E-state index contributed by atoms with van der Waals surface area (Å²) >= 11 is 0. The monoisotopic (exact) mass is 460 g/mol. The predicted octanol–water partition coefficient (Wildman–Crippen LogP) is 3.12. The van der Waals surface area contributed by atoms with E-state index in [9.17, 15) is 18.0 Å². The van der Waals surface area contributed by atoms with Crippen LogP contribution in [0.3, 0.4) is 0 Å². The van der Waals surface area contributed by atoms with Gasteiger partial charge in [0.25, 0.3) is 15.9 Å². The molecule has 1 aliphatic rings. The summed E-state index contributed by atoms with van der Waals surface area (Å²) in [5.74, 6) is -0.508. The third-order valence-electron chi connectivity index (χ3n) is 5.52. The summed E-state index contributed by atoms with van der Waals surface area (Å²) < 4.78 is 37.6. The number of carbonyl (C=O) groups excluding carboxylic acids is 2. The molecule has 2 aromatic rings. The summed E-state index contributed by atoms with van der Waals surface area (Å²) in [6, 6.07) is 12.3. The highest BCUT2D eigenvalue weighted by Crippen LogP contribution is 2.25. The van der Waals surface area contributed by atoms with E-state index >= 15 is 0 Å². The molecule has 1 atom stereocenters. The zero-order valence-electron chi connectivity index (χ0n) is 18.4. The van der Waals surface area contributed by atoms with Crippen LogP contribution in [0, 0.1) is 0 Å². The highest BCUT2D eigenvalue weighted by molar-refractivity contribution is 7.92. The van der Waals surface area contributed by atoms with E-state index in [0.29, 0.717) is 11.4 Å². The second kappa shape index (κ2) is 10.0. The first kappa shape index (κ1) is 23.6. The van der Waals surface area contributed by atoms with Crippen molar-refractivity contribution in [3.05, 3.63) is 54.1 Å². The van der Waals surface area contributed by atoms with Crippen LogP contribution in [0.2, 0.25) is 0 Å². The van der Waals surface area contributed by atoms with Gasteiger partial charge >= 0.3 is 5.97 Å². The molecule has 1 aliphatic carbocycles. The molecule has 1 N–H and O–H groups in total. The molecule has 1 amide bonds. The second-order valence-corrected chi connectivity index (χ2v) is 9.71. The van der Waals surface area contributed by atoms with E-state index in [4.69, 9.17) is 9.47 Å². The number of nitrogens with one attached hydrogen (secondary N) is 1. The summed E-state index contributed by atoms with van der Waals surface area (Å²) in [6.07, 6.45) is 3.02. The number of anilines is 1. The molecule has 0 spiro atoms. The Morgan fingerprint density at radius 2 is 1.75 bits per heavy atom. The van der Waals surface area contributed by atoms with Crippen molar-refractivity contribution in [2.24, 2.45) is 0 Å². The van der Waals surface area contributed by atoms with Gasteiger partial charge in [0.05, 0.1) is 23.3 Å². The number of benzene rings is 2. The lowest BCUT2D eigenvalue weighted by Gasteiger charge is -2.20. The van der Waals surface area contributed by atoms with Crippen LogP contribution in [0.15, 0.2) is 53.4 Å². The van der Waals surface area contributed by atoms with Crippen LogP contribution in [0.4, 0.5) is 5.69 Å². The Bertz CT molecular complexity index is 1060. The van der Waals surface area contributed by atoms with Gasteiger partial charge in [0.1, 0.15) is 5.75 Å². The zero-order chi connectivity index (χ0) is 23.3. The van der Waals surface area contributed by atoms with Crippen molar-refractivity contribution in [3.8, 4) is 5.75 Å². The largest absolute Gasteiger partial charge is 0.497 e. The van der Waals surface area contributed by atoms with Crippen LogP contribution >= 0.6 is 0 Å². The number of rotatable bonds is 8. The maximum Gasteiger partial charge on any atom is 0.338 e. The van der Waals surface area contributed by atoms with Gasteiger partial charge in [-0.25, -0.2) is 13.2 Å². The molecule has 9 heteroatoms. The average Bonchev–Trinajstić information content (AvgIpc) is 3.31. The molecule has 0 radical (unpaired) electrons. The number of hydrogen-bond acceptors (Lipinski definition) is 6. The molecule has 1 saturated carbocycles. The van der Waals surface area contributed by atoms with Gasteiger partial charge in [0.15, 0.2) is 6.10 Å². The highest BCUT2D eigenvalue weighted by Gasteiger charge is 2.26. The number of ether oxygens (including phenoxy) is 2. The minimum absolute atomic E-state index is 0.0507. The number of amides is 1. The van der Waals surface area contributed by atoms with Crippen molar-refractivity contribution in [1.82, 2.24) is 5.32 Å².